The third-order valence-electron chi connectivity index (χ3n) is 3.50. The lowest BCUT2D eigenvalue weighted by Gasteiger charge is -2.18. The Balaban J connectivity index is 2.02. The van der Waals surface area contributed by atoms with Gasteiger partial charge in [-0.2, -0.15) is 8.78 Å². The van der Waals surface area contributed by atoms with Crippen molar-refractivity contribution in [2.24, 2.45) is 5.92 Å². The van der Waals surface area contributed by atoms with Crippen LogP contribution in [0.25, 0.3) is 0 Å². The second-order valence-corrected chi connectivity index (χ2v) is 5.21. The van der Waals surface area contributed by atoms with Gasteiger partial charge in [-0.3, -0.25) is 0 Å². The van der Waals surface area contributed by atoms with Gasteiger partial charge in [0.05, 0.1) is 13.3 Å². The van der Waals surface area contributed by atoms with E-state index in [1.165, 1.54) is 7.11 Å². The van der Waals surface area contributed by atoms with Gasteiger partial charge in [0.2, 0.25) is 5.88 Å². The largest absolute Gasteiger partial charge is 0.464 e. The molecule has 1 heterocycles. The fourth-order valence-corrected chi connectivity index (χ4v) is 2.11. The van der Waals surface area contributed by atoms with Crippen LogP contribution in [0, 0.1) is 5.92 Å². The van der Waals surface area contributed by atoms with Crippen LogP contribution in [-0.2, 0) is 10.7 Å². The molecule has 2 aromatic rings. The molecule has 7 heteroatoms. The smallest absolute Gasteiger partial charge is 0.358 e. The summed E-state index contributed by atoms with van der Waals surface area (Å²) in [7, 11) is 1.18. The Kier molecular flexibility index (Phi) is 3.94. The van der Waals surface area contributed by atoms with Crippen molar-refractivity contribution in [1.82, 2.24) is 9.97 Å². The van der Waals surface area contributed by atoms with Gasteiger partial charge in [-0.05, 0) is 25.0 Å². The van der Waals surface area contributed by atoms with Crippen molar-refractivity contribution in [3.63, 3.8) is 0 Å². The van der Waals surface area contributed by atoms with Gasteiger partial charge in [0.15, 0.2) is 11.4 Å². The maximum atomic E-state index is 14.4. The third-order valence-corrected chi connectivity index (χ3v) is 3.50. The molecular formula is C16H14F2N2O3. The lowest BCUT2D eigenvalue weighted by Crippen LogP contribution is -2.21. The molecule has 1 aliphatic carbocycles. The Bertz CT molecular complexity index is 719. The third kappa shape index (κ3) is 3.13. The highest BCUT2D eigenvalue weighted by molar-refractivity contribution is 5.86. The molecule has 0 atom stereocenters. The van der Waals surface area contributed by atoms with E-state index in [0.717, 1.165) is 6.20 Å². The van der Waals surface area contributed by atoms with Gasteiger partial charge in [-0.1, -0.05) is 18.2 Å². The molecule has 1 aliphatic rings. The summed E-state index contributed by atoms with van der Waals surface area (Å²) < 4.78 is 38.8. The summed E-state index contributed by atoms with van der Waals surface area (Å²) in [5.74, 6) is -4.73. The number of ether oxygens (including phenoxy) is 2. The predicted molar refractivity (Wildman–Crippen MR) is 76.5 cm³/mol. The molecular weight excluding hydrogens is 306 g/mol. The summed E-state index contributed by atoms with van der Waals surface area (Å²) in [5.41, 5.74) is -0.745. The molecule has 120 valence electrons. The number of methoxy groups -OCH3 is 1. The Hall–Kier alpha value is -2.57. The summed E-state index contributed by atoms with van der Waals surface area (Å²) >= 11 is 0. The maximum Gasteiger partial charge on any atom is 0.358 e. The van der Waals surface area contributed by atoms with Crippen molar-refractivity contribution < 1.29 is 23.0 Å². The van der Waals surface area contributed by atoms with E-state index in [2.05, 4.69) is 14.7 Å². The molecule has 0 radical (unpaired) electrons. The molecule has 0 bridgehead atoms. The average molecular weight is 320 g/mol. The zero-order valence-corrected chi connectivity index (χ0v) is 12.3. The summed E-state index contributed by atoms with van der Waals surface area (Å²) in [6.07, 6.45) is 1.84. The molecule has 1 aromatic heterocycles. The first-order valence-corrected chi connectivity index (χ1v) is 7.09. The Morgan fingerprint density at radius 1 is 1.26 bits per heavy atom. The SMILES string of the molecule is COC(=O)c1cnc(C(F)(F)C2CC2)c(Oc2ccccc2)n1. The molecule has 1 aromatic carbocycles. The summed E-state index contributed by atoms with van der Waals surface area (Å²) in [6.45, 7) is 0. The number of para-hydroxylation sites is 1. The maximum absolute atomic E-state index is 14.4. The fourth-order valence-electron chi connectivity index (χ4n) is 2.11. The van der Waals surface area contributed by atoms with E-state index >= 15 is 0 Å². The minimum absolute atomic E-state index is 0.186. The molecule has 0 amide bonds. The average Bonchev–Trinajstić information content (AvgIpc) is 3.40. The van der Waals surface area contributed by atoms with Crippen LogP contribution in [0.1, 0.15) is 29.0 Å². The number of nitrogens with zero attached hydrogens (tertiary/aromatic N) is 2. The number of alkyl halides is 2. The van der Waals surface area contributed by atoms with Crippen LogP contribution in [-0.4, -0.2) is 23.0 Å². The van der Waals surface area contributed by atoms with Crippen molar-refractivity contribution in [2.45, 2.75) is 18.8 Å². The van der Waals surface area contributed by atoms with Gasteiger partial charge in [0.25, 0.3) is 5.92 Å². The molecule has 0 saturated heterocycles. The second-order valence-electron chi connectivity index (χ2n) is 5.21. The highest BCUT2D eigenvalue weighted by atomic mass is 19.3. The first kappa shape index (κ1) is 15.3. The van der Waals surface area contributed by atoms with Gasteiger partial charge in [-0.25, -0.2) is 14.8 Å². The van der Waals surface area contributed by atoms with Crippen molar-refractivity contribution in [3.8, 4) is 11.6 Å². The molecule has 3 rings (SSSR count). The zero-order chi connectivity index (χ0) is 16.4. The molecule has 0 N–H and O–H groups in total. The van der Waals surface area contributed by atoms with Crippen molar-refractivity contribution in [1.29, 1.82) is 0 Å². The van der Waals surface area contributed by atoms with Crippen LogP contribution in [0.4, 0.5) is 8.78 Å². The minimum Gasteiger partial charge on any atom is -0.464 e. The van der Waals surface area contributed by atoms with Crippen LogP contribution >= 0.6 is 0 Å². The normalized spacial score (nSPS) is 14.4. The number of halogens is 2. The summed E-state index contributed by atoms with van der Waals surface area (Å²) in [5, 5.41) is 0. The van der Waals surface area contributed by atoms with Crippen molar-refractivity contribution >= 4 is 5.97 Å². The van der Waals surface area contributed by atoms with E-state index in [1.54, 1.807) is 30.3 Å². The minimum atomic E-state index is -3.15. The first-order valence-electron chi connectivity index (χ1n) is 7.09. The van der Waals surface area contributed by atoms with Gasteiger partial charge in [-0.15, -0.1) is 0 Å². The van der Waals surface area contributed by atoms with Crippen LogP contribution in [0.3, 0.4) is 0 Å². The zero-order valence-electron chi connectivity index (χ0n) is 12.3. The van der Waals surface area contributed by atoms with E-state index in [1.807, 2.05) is 0 Å². The Labute approximate surface area is 131 Å². The van der Waals surface area contributed by atoms with Crippen molar-refractivity contribution in [2.75, 3.05) is 7.11 Å². The molecule has 5 nitrogen and oxygen atoms in total. The number of aromatic nitrogens is 2. The van der Waals surface area contributed by atoms with E-state index in [-0.39, 0.29) is 11.6 Å². The number of hydrogen-bond donors (Lipinski definition) is 0. The van der Waals surface area contributed by atoms with Crippen LogP contribution < -0.4 is 4.74 Å². The predicted octanol–water partition coefficient (Wildman–Crippen LogP) is 3.56. The number of hydrogen-bond acceptors (Lipinski definition) is 5. The molecule has 0 spiro atoms. The van der Waals surface area contributed by atoms with Crippen LogP contribution in [0.5, 0.6) is 11.6 Å². The van der Waals surface area contributed by atoms with Gasteiger partial charge >= 0.3 is 5.97 Å². The number of carbonyl (C=O) groups excluding carboxylic acids is 1. The molecule has 0 unspecified atom stereocenters. The summed E-state index contributed by atoms with van der Waals surface area (Å²) in [4.78, 5) is 19.2. The van der Waals surface area contributed by atoms with E-state index in [9.17, 15) is 13.6 Å². The number of carbonyl (C=O) groups is 1. The highest BCUT2D eigenvalue weighted by Gasteiger charge is 2.51. The van der Waals surface area contributed by atoms with E-state index in [4.69, 9.17) is 4.74 Å². The lowest BCUT2D eigenvalue weighted by molar-refractivity contribution is -0.0351. The summed E-state index contributed by atoms with van der Waals surface area (Å²) in [6, 6.07) is 8.37. The Morgan fingerprint density at radius 2 is 1.96 bits per heavy atom. The number of esters is 1. The van der Waals surface area contributed by atoms with Gasteiger partial charge < -0.3 is 9.47 Å². The quantitative estimate of drug-likeness (QED) is 0.788. The van der Waals surface area contributed by atoms with E-state index in [0.29, 0.717) is 18.6 Å². The van der Waals surface area contributed by atoms with Crippen molar-refractivity contribution in [3.05, 3.63) is 47.9 Å². The molecule has 23 heavy (non-hydrogen) atoms. The standard InChI is InChI=1S/C16H14F2N2O3/c1-22-15(21)12-9-19-13(16(17,18)10-7-8-10)14(20-12)23-11-5-3-2-4-6-11/h2-6,9-10H,7-8H2,1H3. The van der Waals surface area contributed by atoms with E-state index < -0.39 is 23.5 Å². The molecule has 1 saturated carbocycles. The number of benzene rings is 1. The van der Waals surface area contributed by atoms with Gasteiger partial charge in [0.1, 0.15) is 5.75 Å². The fraction of sp³-hybridized carbons (Fsp3) is 0.312. The topological polar surface area (TPSA) is 61.3 Å². The highest BCUT2D eigenvalue weighted by Crippen LogP contribution is 2.51. The van der Waals surface area contributed by atoms with Crippen LogP contribution in [0.2, 0.25) is 0 Å². The Morgan fingerprint density at radius 3 is 2.57 bits per heavy atom. The van der Waals surface area contributed by atoms with Crippen LogP contribution in [0.15, 0.2) is 36.5 Å². The second kappa shape index (κ2) is 5.91. The lowest BCUT2D eigenvalue weighted by atomic mass is 10.1. The molecule has 1 fully saturated rings. The number of rotatable bonds is 5. The van der Waals surface area contributed by atoms with Gasteiger partial charge in [0, 0.05) is 5.92 Å². The first-order chi connectivity index (χ1) is 11.0. The monoisotopic (exact) mass is 320 g/mol. The molecule has 0 aliphatic heterocycles.